The molecule has 1 saturated carbocycles. The second kappa shape index (κ2) is 6.63. The summed E-state index contributed by atoms with van der Waals surface area (Å²) in [5.41, 5.74) is 0.913. The van der Waals surface area contributed by atoms with Crippen molar-refractivity contribution in [2.24, 2.45) is 5.92 Å². The minimum Gasteiger partial charge on any atom is -0.348 e. The van der Waals surface area contributed by atoms with Gasteiger partial charge in [-0.3, -0.25) is 9.59 Å². The number of aromatic nitrogens is 2. The SMILES string of the molecule is O=C(NCC1CC1)C(=O)N1CCc2cc(-c3noc(C(F)(F)F)n3)sc2C1. The van der Waals surface area contributed by atoms with E-state index in [-0.39, 0.29) is 12.4 Å². The Labute approximate surface area is 155 Å². The van der Waals surface area contributed by atoms with E-state index in [0.717, 1.165) is 23.3 Å². The van der Waals surface area contributed by atoms with E-state index in [0.29, 0.717) is 30.3 Å². The Morgan fingerprint density at radius 1 is 1.37 bits per heavy atom. The van der Waals surface area contributed by atoms with Gasteiger partial charge in [0.15, 0.2) is 0 Å². The molecule has 0 aromatic carbocycles. The fraction of sp³-hybridized carbons (Fsp3) is 0.500. The van der Waals surface area contributed by atoms with Gasteiger partial charge in [0.25, 0.3) is 0 Å². The van der Waals surface area contributed by atoms with Crippen LogP contribution in [0.4, 0.5) is 13.2 Å². The molecule has 0 atom stereocenters. The second-order valence-corrected chi connectivity index (χ2v) is 7.75. The van der Waals surface area contributed by atoms with Crippen molar-refractivity contribution >= 4 is 23.2 Å². The predicted molar refractivity (Wildman–Crippen MR) is 87.5 cm³/mol. The minimum atomic E-state index is -4.70. The molecule has 4 rings (SSSR count). The number of hydrogen-bond donors (Lipinski definition) is 1. The predicted octanol–water partition coefficient (Wildman–Crippen LogP) is 2.23. The second-order valence-electron chi connectivity index (χ2n) is 6.61. The molecule has 3 heterocycles. The number of nitrogens with one attached hydrogen (secondary N) is 1. The normalized spacial score (nSPS) is 16.9. The average molecular weight is 400 g/mol. The Hall–Kier alpha value is -2.43. The maximum absolute atomic E-state index is 12.6. The first kappa shape index (κ1) is 18.0. The van der Waals surface area contributed by atoms with Gasteiger partial charge in [0, 0.05) is 18.0 Å². The van der Waals surface area contributed by atoms with Gasteiger partial charge in [-0.05, 0) is 36.8 Å². The Morgan fingerprint density at radius 2 is 2.15 bits per heavy atom. The number of nitrogens with zero attached hydrogens (tertiary/aromatic N) is 3. The molecule has 0 spiro atoms. The van der Waals surface area contributed by atoms with Crippen LogP contribution >= 0.6 is 11.3 Å². The fourth-order valence-corrected chi connectivity index (χ4v) is 3.97. The molecule has 0 saturated heterocycles. The summed E-state index contributed by atoms with van der Waals surface area (Å²) in [6, 6.07) is 1.71. The molecular weight excluding hydrogens is 385 g/mol. The van der Waals surface area contributed by atoms with Crippen LogP contribution in [-0.2, 0) is 28.7 Å². The maximum Gasteiger partial charge on any atom is 0.471 e. The lowest BCUT2D eigenvalue weighted by molar-refractivity contribution is -0.159. The van der Waals surface area contributed by atoms with Gasteiger partial charge in [-0.15, -0.1) is 11.3 Å². The largest absolute Gasteiger partial charge is 0.471 e. The van der Waals surface area contributed by atoms with Crippen molar-refractivity contribution in [1.82, 2.24) is 20.4 Å². The quantitative estimate of drug-likeness (QED) is 0.799. The summed E-state index contributed by atoms with van der Waals surface area (Å²) in [7, 11) is 0. The van der Waals surface area contributed by atoms with Gasteiger partial charge >= 0.3 is 23.9 Å². The molecule has 2 aliphatic rings. The van der Waals surface area contributed by atoms with Crippen molar-refractivity contribution in [3.63, 3.8) is 0 Å². The third-order valence-electron chi connectivity index (χ3n) is 4.50. The van der Waals surface area contributed by atoms with Crippen LogP contribution in [0.15, 0.2) is 10.6 Å². The van der Waals surface area contributed by atoms with Gasteiger partial charge in [-0.1, -0.05) is 5.16 Å². The fourth-order valence-electron chi connectivity index (χ4n) is 2.82. The highest BCUT2D eigenvalue weighted by Crippen LogP contribution is 2.35. The Kier molecular flexibility index (Phi) is 4.41. The zero-order chi connectivity index (χ0) is 19.2. The van der Waals surface area contributed by atoms with Crippen LogP contribution in [0.5, 0.6) is 0 Å². The highest BCUT2D eigenvalue weighted by atomic mass is 32.1. The van der Waals surface area contributed by atoms with Crippen molar-refractivity contribution in [2.75, 3.05) is 13.1 Å². The smallest absolute Gasteiger partial charge is 0.348 e. The summed E-state index contributed by atoms with van der Waals surface area (Å²) in [4.78, 5) is 30.3. The van der Waals surface area contributed by atoms with Crippen molar-refractivity contribution in [3.05, 3.63) is 22.4 Å². The molecule has 2 aromatic rings. The number of alkyl halides is 3. The van der Waals surface area contributed by atoms with Gasteiger partial charge in [0.2, 0.25) is 5.82 Å². The lowest BCUT2D eigenvalue weighted by Crippen LogP contribution is -2.45. The van der Waals surface area contributed by atoms with Crippen molar-refractivity contribution < 1.29 is 27.3 Å². The van der Waals surface area contributed by atoms with Gasteiger partial charge in [-0.25, -0.2) is 0 Å². The first-order valence-corrected chi connectivity index (χ1v) is 9.23. The number of thiophene rings is 1. The van der Waals surface area contributed by atoms with Crippen molar-refractivity contribution in [3.8, 4) is 10.7 Å². The summed E-state index contributed by atoms with van der Waals surface area (Å²) >= 11 is 1.20. The van der Waals surface area contributed by atoms with Crippen LogP contribution in [0.1, 0.15) is 29.2 Å². The zero-order valence-electron chi connectivity index (χ0n) is 14.0. The molecule has 1 aliphatic carbocycles. The summed E-state index contributed by atoms with van der Waals surface area (Å²) in [6.45, 7) is 1.13. The van der Waals surface area contributed by atoms with Crippen LogP contribution in [0.2, 0.25) is 0 Å². The van der Waals surface area contributed by atoms with E-state index < -0.39 is 23.9 Å². The highest BCUT2D eigenvalue weighted by molar-refractivity contribution is 7.15. The number of rotatable bonds is 3. The van der Waals surface area contributed by atoms with E-state index in [9.17, 15) is 22.8 Å². The summed E-state index contributed by atoms with van der Waals surface area (Å²) in [5.74, 6) is -2.26. The zero-order valence-corrected chi connectivity index (χ0v) is 14.8. The van der Waals surface area contributed by atoms with Gasteiger partial charge in [0.1, 0.15) is 0 Å². The van der Waals surface area contributed by atoms with E-state index in [2.05, 4.69) is 20.0 Å². The summed E-state index contributed by atoms with van der Waals surface area (Å²) < 4.78 is 42.1. The molecule has 0 unspecified atom stereocenters. The molecule has 144 valence electrons. The van der Waals surface area contributed by atoms with Gasteiger partial charge in [0.05, 0.1) is 11.4 Å². The number of fused-ring (bicyclic) bond motifs is 1. The molecule has 1 fully saturated rings. The third kappa shape index (κ3) is 3.82. The van der Waals surface area contributed by atoms with E-state index in [1.54, 1.807) is 6.07 Å². The van der Waals surface area contributed by atoms with Crippen LogP contribution in [0.3, 0.4) is 0 Å². The minimum absolute atomic E-state index is 0.137. The van der Waals surface area contributed by atoms with Gasteiger partial charge in [-0.2, -0.15) is 18.2 Å². The molecule has 2 aromatic heterocycles. The summed E-state index contributed by atoms with van der Waals surface area (Å²) in [6.07, 6.45) is -2.03. The van der Waals surface area contributed by atoms with Gasteiger partial charge < -0.3 is 14.7 Å². The molecule has 11 heteroatoms. The molecule has 2 amide bonds. The van der Waals surface area contributed by atoms with Crippen LogP contribution in [0, 0.1) is 5.92 Å². The molecule has 0 radical (unpaired) electrons. The molecule has 7 nitrogen and oxygen atoms in total. The number of hydrogen-bond acceptors (Lipinski definition) is 6. The third-order valence-corrected chi connectivity index (χ3v) is 5.66. The van der Waals surface area contributed by atoms with E-state index in [1.165, 1.54) is 16.2 Å². The lowest BCUT2D eigenvalue weighted by Gasteiger charge is -2.26. The maximum atomic E-state index is 12.6. The Balaban J connectivity index is 1.45. The van der Waals surface area contributed by atoms with Crippen LogP contribution in [-0.4, -0.2) is 39.9 Å². The highest BCUT2D eigenvalue weighted by Gasteiger charge is 2.39. The molecule has 1 N–H and O–H groups in total. The molecular formula is C16H15F3N4O3S. The average Bonchev–Trinajstić information content (AvgIpc) is 3.14. The molecule has 27 heavy (non-hydrogen) atoms. The van der Waals surface area contributed by atoms with Crippen molar-refractivity contribution in [2.45, 2.75) is 32.0 Å². The van der Waals surface area contributed by atoms with E-state index >= 15 is 0 Å². The number of halogens is 3. The first-order chi connectivity index (χ1) is 12.8. The number of carbonyl (C=O) groups excluding carboxylic acids is 2. The van der Waals surface area contributed by atoms with E-state index in [4.69, 9.17) is 0 Å². The summed E-state index contributed by atoms with van der Waals surface area (Å²) in [5, 5.41) is 6.03. The van der Waals surface area contributed by atoms with Crippen molar-refractivity contribution in [1.29, 1.82) is 0 Å². The Morgan fingerprint density at radius 3 is 2.81 bits per heavy atom. The number of carbonyl (C=O) groups is 2. The van der Waals surface area contributed by atoms with Crippen LogP contribution in [0.25, 0.3) is 10.7 Å². The lowest BCUT2D eigenvalue weighted by atomic mass is 10.1. The number of amides is 2. The van der Waals surface area contributed by atoms with Crippen LogP contribution < -0.4 is 5.32 Å². The monoisotopic (exact) mass is 400 g/mol. The first-order valence-electron chi connectivity index (χ1n) is 8.41. The molecule has 1 aliphatic heterocycles. The molecule has 0 bridgehead atoms. The standard InChI is InChI=1S/C16H15F3N4O3S/c17-16(18,19)15-21-12(22-26-15)10-5-9-3-4-23(7-11(9)27-10)14(25)13(24)20-6-8-1-2-8/h5,8H,1-4,6-7H2,(H,20,24). The van der Waals surface area contributed by atoms with E-state index in [1.807, 2.05) is 0 Å². The Bertz CT molecular complexity index is 888. The topological polar surface area (TPSA) is 88.3 Å².